The summed E-state index contributed by atoms with van der Waals surface area (Å²) in [5, 5.41) is 10.3. The van der Waals surface area contributed by atoms with Gasteiger partial charge in [-0.3, -0.25) is 5.32 Å². The molecule has 0 atom stereocenters. The lowest BCUT2D eigenvalue weighted by Gasteiger charge is -2.11. The SMILES string of the molecule is O=C(O)Nc1cc(C(F)(F)F)ccc1CCl. The van der Waals surface area contributed by atoms with E-state index in [0.29, 0.717) is 6.07 Å². The lowest BCUT2D eigenvalue weighted by atomic mass is 10.1. The molecule has 0 aliphatic carbocycles. The van der Waals surface area contributed by atoms with Gasteiger partial charge in [0, 0.05) is 11.6 Å². The normalized spacial score (nSPS) is 11.2. The zero-order valence-corrected chi connectivity index (χ0v) is 8.56. The molecule has 0 bridgehead atoms. The van der Waals surface area contributed by atoms with Crippen molar-refractivity contribution >= 4 is 23.4 Å². The predicted molar refractivity (Wildman–Crippen MR) is 52.6 cm³/mol. The molecule has 1 aromatic rings. The molecule has 0 saturated carbocycles. The Labute approximate surface area is 93.8 Å². The molecule has 0 heterocycles. The number of rotatable bonds is 2. The van der Waals surface area contributed by atoms with Gasteiger partial charge < -0.3 is 5.11 Å². The van der Waals surface area contributed by atoms with Crippen LogP contribution in [-0.2, 0) is 12.1 Å². The summed E-state index contributed by atoms with van der Waals surface area (Å²) in [6.45, 7) is 0. The van der Waals surface area contributed by atoms with Gasteiger partial charge in [-0.1, -0.05) is 6.07 Å². The van der Waals surface area contributed by atoms with E-state index in [-0.39, 0.29) is 17.1 Å². The number of amides is 1. The monoisotopic (exact) mass is 253 g/mol. The Morgan fingerprint density at radius 2 is 2.06 bits per heavy atom. The van der Waals surface area contributed by atoms with Crippen molar-refractivity contribution in [1.29, 1.82) is 0 Å². The van der Waals surface area contributed by atoms with E-state index >= 15 is 0 Å². The van der Waals surface area contributed by atoms with Crippen LogP contribution in [-0.4, -0.2) is 11.2 Å². The van der Waals surface area contributed by atoms with E-state index in [2.05, 4.69) is 0 Å². The predicted octanol–water partition coefficient (Wildman–Crippen LogP) is 3.53. The van der Waals surface area contributed by atoms with Crippen molar-refractivity contribution in [3.8, 4) is 0 Å². The average molecular weight is 254 g/mol. The molecule has 0 radical (unpaired) electrons. The van der Waals surface area contributed by atoms with E-state index in [1.54, 1.807) is 0 Å². The average Bonchev–Trinajstić information content (AvgIpc) is 2.15. The van der Waals surface area contributed by atoms with E-state index in [1.165, 1.54) is 0 Å². The topological polar surface area (TPSA) is 49.3 Å². The van der Waals surface area contributed by atoms with Crippen LogP contribution in [0.2, 0.25) is 0 Å². The molecular weight excluding hydrogens is 247 g/mol. The molecule has 88 valence electrons. The van der Waals surface area contributed by atoms with E-state index in [9.17, 15) is 18.0 Å². The lowest BCUT2D eigenvalue weighted by molar-refractivity contribution is -0.137. The molecule has 1 amide bonds. The first-order chi connectivity index (χ1) is 7.34. The van der Waals surface area contributed by atoms with Crippen molar-refractivity contribution < 1.29 is 23.1 Å². The van der Waals surface area contributed by atoms with Gasteiger partial charge in [0.05, 0.1) is 5.56 Å². The number of carbonyl (C=O) groups is 1. The molecule has 0 aliphatic rings. The highest BCUT2D eigenvalue weighted by atomic mass is 35.5. The van der Waals surface area contributed by atoms with Crippen LogP contribution in [0.3, 0.4) is 0 Å². The minimum atomic E-state index is -4.51. The van der Waals surface area contributed by atoms with Crippen LogP contribution in [0.5, 0.6) is 0 Å². The van der Waals surface area contributed by atoms with E-state index in [4.69, 9.17) is 16.7 Å². The van der Waals surface area contributed by atoms with Crippen LogP contribution >= 0.6 is 11.6 Å². The van der Waals surface area contributed by atoms with Crippen LogP contribution < -0.4 is 5.32 Å². The first kappa shape index (κ1) is 12.6. The maximum Gasteiger partial charge on any atom is 0.416 e. The Morgan fingerprint density at radius 1 is 1.44 bits per heavy atom. The number of halogens is 4. The van der Waals surface area contributed by atoms with Crippen LogP contribution in [0.15, 0.2) is 18.2 Å². The summed E-state index contributed by atoms with van der Waals surface area (Å²) in [5.41, 5.74) is -0.792. The smallest absolute Gasteiger partial charge is 0.416 e. The minimum absolute atomic E-state index is 0.0756. The molecule has 0 aliphatic heterocycles. The maximum absolute atomic E-state index is 12.3. The zero-order valence-electron chi connectivity index (χ0n) is 7.81. The molecule has 3 nitrogen and oxygen atoms in total. The standard InChI is InChI=1S/C9H7ClF3NO2/c10-4-5-1-2-6(9(11,12)13)3-7(5)14-8(15)16/h1-3,14H,4H2,(H,15,16). The molecule has 16 heavy (non-hydrogen) atoms. The van der Waals surface area contributed by atoms with Crippen LogP contribution in [0.1, 0.15) is 11.1 Å². The second-order valence-corrected chi connectivity index (χ2v) is 3.20. The van der Waals surface area contributed by atoms with E-state index < -0.39 is 17.8 Å². The summed E-state index contributed by atoms with van der Waals surface area (Å²) in [6, 6.07) is 2.71. The number of hydrogen-bond donors (Lipinski definition) is 2. The van der Waals surface area contributed by atoms with Gasteiger partial charge in [-0.05, 0) is 17.7 Å². The molecule has 0 spiro atoms. The fraction of sp³-hybridized carbons (Fsp3) is 0.222. The molecule has 0 fully saturated rings. The number of benzene rings is 1. The first-order valence-electron chi connectivity index (χ1n) is 4.10. The number of anilines is 1. The van der Waals surface area contributed by atoms with Crippen molar-refractivity contribution in [3.63, 3.8) is 0 Å². The second-order valence-electron chi connectivity index (χ2n) is 2.93. The number of carboxylic acid groups (broad SMARTS) is 1. The van der Waals surface area contributed by atoms with Crippen molar-refractivity contribution in [2.24, 2.45) is 0 Å². The van der Waals surface area contributed by atoms with Crippen LogP contribution in [0.4, 0.5) is 23.7 Å². The highest BCUT2D eigenvalue weighted by Crippen LogP contribution is 2.32. The van der Waals surface area contributed by atoms with Gasteiger partial charge in [0.1, 0.15) is 0 Å². The molecule has 0 unspecified atom stereocenters. The van der Waals surface area contributed by atoms with Gasteiger partial charge >= 0.3 is 12.3 Å². The zero-order chi connectivity index (χ0) is 12.3. The van der Waals surface area contributed by atoms with Crippen molar-refractivity contribution in [1.82, 2.24) is 0 Å². The third kappa shape index (κ3) is 3.03. The maximum atomic E-state index is 12.3. The van der Waals surface area contributed by atoms with Crippen LogP contribution in [0, 0.1) is 0 Å². The molecule has 7 heteroatoms. The number of alkyl halides is 4. The summed E-state index contributed by atoms with van der Waals surface area (Å²) in [7, 11) is 0. The minimum Gasteiger partial charge on any atom is -0.465 e. The second kappa shape index (κ2) is 4.61. The van der Waals surface area contributed by atoms with Crippen molar-refractivity contribution in [2.75, 3.05) is 5.32 Å². The van der Waals surface area contributed by atoms with Gasteiger partial charge in [0.2, 0.25) is 0 Å². The largest absolute Gasteiger partial charge is 0.465 e. The quantitative estimate of drug-likeness (QED) is 0.792. The highest BCUT2D eigenvalue weighted by molar-refractivity contribution is 6.17. The highest BCUT2D eigenvalue weighted by Gasteiger charge is 2.31. The van der Waals surface area contributed by atoms with Gasteiger partial charge in [0.25, 0.3) is 0 Å². The number of hydrogen-bond acceptors (Lipinski definition) is 1. The van der Waals surface area contributed by atoms with Crippen LogP contribution in [0.25, 0.3) is 0 Å². The van der Waals surface area contributed by atoms with Gasteiger partial charge in [-0.2, -0.15) is 13.2 Å². The summed E-state index contributed by atoms with van der Waals surface area (Å²) in [4.78, 5) is 10.4. The molecule has 1 rings (SSSR count). The summed E-state index contributed by atoms with van der Waals surface area (Å²) >= 11 is 5.47. The molecule has 2 N–H and O–H groups in total. The summed E-state index contributed by atoms with van der Waals surface area (Å²) in [5.74, 6) is -0.0756. The van der Waals surface area contributed by atoms with Gasteiger partial charge in [-0.15, -0.1) is 11.6 Å². The van der Waals surface area contributed by atoms with Gasteiger partial charge in [0.15, 0.2) is 0 Å². The van der Waals surface area contributed by atoms with E-state index in [0.717, 1.165) is 12.1 Å². The summed E-state index contributed by atoms with van der Waals surface area (Å²) < 4.78 is 37.0. The van der Waals surface area contributed by atoms with E-state index in [1.807, 2.05) is 5.32 Å². The lowest BCUT2D eigenvalue weighted by Crippen LogP contribution is -2.11. The third-order valence-corrected chi connectivity index (χ3v) is 2.11. The van der Waals surface area contributed by atoms with Crippen molar-refractivity contribution in [2.45, 2.75) is 12.1 Å². The Kier molecular flexibility index (Phi) is 3.64. The summed E-state index contributed by atoms with van der Waals surface area (Å²) in [6.07, 6.45) is -5.95. The Hall–Kier alpha value is -1.43. The molecule has 1 aromatic carbocycles. The van der Waals surface area contributed by atoms with Gasteiger partial charge in [-0.25, -0.2) is 4.79 Å². The molecule has 0 saturated heterocycles. The first-order valence-corrected chi connectivity index (χ1v) is 4.64. The van der Waals surface area contributed by atoms with Crippen molar-refractivity contribution in [3.05, 3.63) is 29.3 Å². The Balaban J connectivity index is 3.16. The molecule has 0 aromatic heterocycles. The Morgan fingerprint density at radius 3 is 2.50 bits per heavy atom. The fourth-order valence-electron chi connectivity index (χ4n) is 1.10. The number of nitrogens with one attached hydrogen (secondary N) is 1. The third-order valence-electron chi connectivity index (χ3n) is 1.82. The molecular formula is C9H7ClF3NO2. The Bertz CT molecular complexity index is 406. The fourth-order valence-corrected chi connectivity index (χ4v) is 1.33.